The Labute approximate surface area is 481 Å². The fourth-order valence-electron chi connectivity index (χ4n) is 8.41. The molecule has 2 saturated heterocycles. The normalized spacial score (nSPS) is 19.3. The van der Waals surface area contributed by atoms with Gasteiger partial charge in [-0.1, -0.05) is 38.2 Å². The predicted molar refractivity (Wildman–Crippen MR) is 300 cm³/mol. The van der Waals surface area contributed by atoms with Crippen LogP contribution in [0.15, 0.2) is 66.7 Å². The second-order valence-corrected chi connectivity index (χ2v) is 36.3. The van der Waals surface area contributed by atoms with Crippen LogP contribution < -0.4 is 15.5 Å². The number of nitrogens with one attached hydrogen (secondary N) is 2. The highest BCUT2D eigenvalue weighted by Crippen LogP contribution is 2.75. The van der Waals surface area contributed by atoms with Gasteiger partial charge in [0, 0.05) is 100 Å². The molecule has 0 radical (unpaired) electrons. The molecule has 0 amide bonds. The molecule has 36 nitrogen and oxygen atoms in total. The summed E-state index contributed by atoms with van der Waals surface area (Å²) in [5.74, 6) is -0.484. The van der Waals surface area contributed by atoms with Gasteiger partial charge >= 0.3 is 63.3 Å². The highest BCUT2D eigenvalue weighted by atomic mass is 32.1. The van der Waals surface area contributed by atoms with Crippen LogP contribution in [0.2, 0.25) is 0 Å². The molecule has 0 aromatic carbocycles. The van der Waals surface area contributed by atoms with Crippen molar-refractivity contribution in [2.24, 2.45) is 5.92 Å². The van der Waals surface area contributed by atoms with Crippen LogP contribution in [0.4, 0.5) is 5.82 Å². The molecule has 2 fully saturated rings. The van der Waals surface area contributed by atoms with Gasteiger partial charge < -0.3 is 119 Å². The van der Waals surface area contributed by atoms with Crippen LogP contribution in [-0.2, 0) is 51.8 Å². The summed E-state index contributed by atoms with van der Waals surface area (Å²) < 4.78 is 94.4. The van der Waals surface area contributed by atoms with Crippen LogP contribution in [0.5, 0.6) is 0 Å². The molecule has 2 aliphatic rings. The Morgan fingerprint density at radius 1 is 0.548 bits per heavy atom. The maximum atomic E-state index is 12.1. The molecular weight excluding hydrogens is 1310 g/mol. The van der Waals surface area contributed by atoms with Gasteiger partial charge in [0.25, 0.3) is 5.08 Å². The lowest BCUT2D eigenvalue weighted by Crippen LogP contribution is -2.44. The first-order chi connectivity index (χ1) is 38.2. The number of imidazole rings is 2. The molecular formula is C39H69N9O27P8S. The maximum Gasteiger partial charge on any atom is 0.375 e. The lowest BCUT2D eigenvalue weighted by Gasteiger charge is -2.38. The molecule has 84 heavy (non-hydrogen) atoms. The third-order valence-electron chi connectivity index (χ3n) is 13.2. The van der Waals surface area contributed by atoms with E-state index in [2.05, 4.69) is 30.5 Å². The first kappa shape index (κ1) is 74.2. The second kappa shape index (κ2) is 28.3. The number of nitrogens with zero attached hydrogens (tertiary/aromatic N) is 7. The van der Waals surface area contributed by atoms with Crippen LogP contribution >= 0.6 is 71.9 Å². The molecule has 0 aliphatic carbocycles. The van der Waals surface area contributed by atoms with Crippen molar-refractivity contribution in [2.75, 3.05) is 71.0 Å². The van der Waals surface area contributed by atoms with Gasteiger partial charge in [0.05, 0.1) is 0 Å². The van der Waals surface area contributed by atoms with Gasteiger partial charge in [-0.3, -0.25) is 40.9 Å². The minimum absolute atomic E-state index is 0.0850. The minimum Gasteiger partial charge on any atom is -0.369 e. The van der Waals surface area contributed by atoms with E-state index in [0.717, 1.165) is 94.4 Å². The number of anilines is 1. The average molecular weight is 1380 g/mol. The van der Waals surface area contributed by atoms with Gasteiger partial charge in [-0.05, 0) is 50.7 Å². The van der Waals surface area contributed by atoms with Crippen molar-refractivity contribution < 1.29 is 130 Å². The van der Waals surface area contributed by atoms with Crippen LogP contribution in [0.25, 0.3) is 10.6 Å². The zero-order chi connectivity index (χ0) is 64.0. The van der Waals surface area contributed by atoms with Crippen molar-refractivity contribution in [1.29, 1.82) is 0 Å². The number of hydrogen-bond donors (Lipinski definition) is 21. The summed E-state index contributed by atoms with van der Waals surface area (Å²) in [5, 5.41) is 34.3. The molecule has 0 saturated carbocycles. The topological polar surface area (TPSA) is 599 Å². The third kappa shape index (κ3) is 17.0. The molecule has 21 N–H and O–H groups in total. The first-order valence-corrected chi connectivity index (χ1v) is 38.8. The van der Waals surface area contributed by atoms with Gasteiger partial charge in [0.15, 0.2) is 4.96 Å². The summed E-state index contributed by atoms with van der Waals surface area (Å²) in [4.78, 5) is 154. The number of aliphatic hydroxyl groups is 4. The Hall–Kier alpha value is -2.23. The number of likely N-dealkylation sites (N-methyl/N-ethyl adjacent to an activating group) is 1. The molecule has 5 aromatic heterocycles. The van der Waals surface area contributed by atoms with E-state index in [0.29, 0.717) is 44.8 Å². The Morgan fingerprint density at radius 3 is 1.50 bits per heavy atom. The van der Waals surface area contributed by atoms with Gasteiger partial charge in [-0.15, -0.1) is 11.3 Å². The largest absolute Gasteiger partial charge is 0.375 e. The average Bonchev–Trinajstić information content (AvgIpc) is 1.67. The van der Waals surface area contributed by atoms with E-state index >= 15 is 0 Å². The highest BCUT2D eigenvalue weighted by Gasteiger charge is 2.65. The van der Waals surface area contributed by atoms with Crippen molar-refractivity contribution in [1.82, 2.24) is 39.3 Å². The Bertz CT molecular complexity index is 3230. The molecule has 3 unspecified atom stereocenters. The minimum atomic E-state index is -5.57. The first-order valence-electron chi connectivity index (χ1n) is 24.5. The van der Waals surface area contributed by atoms with Crippen molar-refractivity contribution >= 4 is 88.3 Å². The van der Waals surface area contributed by atoms with E-state index in [1.54, 1.807) is 17.5 Å². The van der Waals surface area contributed by atoms with E-state index in [1.807, 2.05) is 11.9 Å². The standard InChI is InChI=1S/C14H32N2O6P2.C11H19N3O7P2.C8H10N2O7P2.C6H8N2O7P2S/c1-23(18,19)14(17,24(20,21)22)13-8-6-4-2-3-5-7-9-15-10-11-16-12-13;1-13-4-6-14(7-5-13)10-3-2-9(8-12-10)11(15,22(16,17)18)23(19,20)21;11-8(18(12,13)14,19(15,16)17)6-5-10-4-2-1-3-7(10)9-6;9-6(16(10,11)12,17(13,14)15)4-3-8-1-2-18-5(8)7-4/h13,15-17H,2-12H2,1H3,(H,18,19)(H2,20,21,22);2-3,8,15H,4-7H2,1H3,(H2,16,17,18)(H2,19,20,21);1-5,11H,(H2,12,13,14)(H2,15,16,17);1-3,9H,(H2,10,11,12)(H2,13,14,15). The molecule has 45 heteroatoms. The summed E-state index contributed by atoms with van der Waals surface area (Å²) in [6, 6.07) is 7.03. The fourth-order valence-corrected chi connectivity index (χ4v) is 19.3. The Morgan fingerprint density at radius 2 is 1.04 bits per heavy atom. The number of hydrogen-bond acceptors (Lipinski definition) is 20. The van der Waals surface area contributed by atoms with Gasteiger partial charge in [0.1, 0.15) is 22.9 Å². The van der Waals surface area contributed by atoms with Crippen molar-refractivity contribution in [3.05, 3.63) is 83.6 Å². The second-order valence-electron chi connectivity index (χ2n) is 19.3. The van der Waals surface area contributed by atoms with E-state index in [-0.39, 0.29) is 17.2 Å². The van der Waals surface area contributed by atoms with Crippen LogP contribution in [0, 0.1) is 5.92 Å². The summed E-state index contributed by atoms with van der Waals surface area (Å²) >= 11 is 1.08. The van der Waals surface area contributed by atoms with Gasteiger partial charge in [0.2, 0.25) is 12.5 Å². The number of thiazole rings is 1. The van der Waals surface area contributed by atoms with Crippen LogP contribution in [0.3, 0.4) is 0 Å². The highest BCUT2D eigenvalue weighted by molar-refractivity contribution is 7.74. The molecule has 2 aliphatic heterocycles. The number of pyridine rings is 2. The number of rotatable bonds is 13. The van der Waals surface area contributed by atoms with E-state index < -0.39 is 104 Å². The SMILES string of the molecule is CN1CCN(c2ccc(C(O)(P(=O)(O)O)P(=O)(O)O)cn2)CC1.CP(=O)(O)C(O)(C1CCCCCCCCNCCNC1)P(=O)(O)O.O=P(O)(O)C(O)(c1cn2ccccc2n1)P(=O)(O)O.O=P(O)(O)C(O)(c1cn2ccsc2n1)P(=O)(O)O. The Kier molecular flexibility index (Phi) is 25.0. The van der Waals surface area contributed by atoms with Crippen molar-refractivity contribution in [2.45, 2.75) is 65.3 Å². The van der Waals surface area contributed by atoms with Crippen LogP contribution in [-0.4, -0.2) is 194 Å². The summed E-state index contributed by atoms with van der Waals surface area (Å²) in [7, 11) is -41.0. The zero-order valence-electron chi connectivity index (χ0n) is 44.4. The molecule has 7 rings (SSSR count). The monoisotopic (exact) mass is 1380 g/mol. The molecule has 5 aromatic rings. The molecule has 0 spiro atoms. The summed E-state index contributed by atoms with van der Waals surface area (Å²) in [6.07, 6.45) is 11.9. The third-order valence-corrected chi connectivity index (χ3v) is 29.6. The molecule has 3 atom stereocenters. The van der Waals surface area contributed by atoms with E-state index in [1.165, 1.54) is 33.3 Å². The van der Waals surface area contributed by atoms with Crippen molar-refractivity contribution in [3.63, 3.8) is 0 Å². The molecule has 7 heterocycles. The molecule has 478 valence electrons. The number of aromatic nitrogens is 5. The summed E-state index contributed by atoms with van der Waals surface area (Å²) in [5.41, 5.74) is -2.01. The van der Waals surface area contributed by atoms with Crippen molar-refractivity contribution in [3.8, 4) is 0 Å². The predicted octanol–water partition coefficient (Wildman–Crippen LogP) is 0.188. The lowest BCUT2D eigenvalue weighted by molar-refractivity contribution is 0.0867. The van der Waals surface area contributed by atoms with Gasteiger partial charge in [-0.25, -0.2) is 15.0 Å². The van der Waals surface area contributed by atoms with Crippen LogP contribution in [0.1, 0.15) is 61.9 Å². The lowest BCUT2D eigenvalue weighted by atomic mass is 10.00. The maximum absolute atomic E-state index is 12.1. The number of piperazine rings is 1. The smallest absolute Gasteiger partial charge is 0.369 e. The zero-order valence-corrected chi connectivity index (χ0v) is 52.4. The van der Waals surface area contributed by atoms with Gasteiger partial charge in [-0.2, -0.15) is 0 Å². The molecule has 0 bridgehead atoms. The summed E-state index contributed by atoms with van der Waals surface area (Å²) in [6.45, 7) is 6.13. The Balaban J connectivity index is 0.000000242. The quantitative estimate of drug-likeness (QED) is 0.0700. The number of fused-ring (bicyclic) bond motifs is 2. The van der Waals surface area contributed by atoms with E-state index in [9.17, 15) is 91.2 Å². The fraction of sp³-hybridized carbons (Fsp3) is 0.564. The van der Waals surface area contributed by atoms with E-state index in [4.69, 9.17) is 39.1 Å².